The Morgan fingerprint density at radius 2 is 1.86 bits per heavy atom. The third kappa shape index (κ3) is 6.45. The zero-order valence-electron chi connectivity index (χ0n) is 19.7. The van der Waals surface area contributed by atoms with Gasteiger partial charge in [0, 0.05) is 23.5 Å². The summed E-state index contributed by atoms with van der Waals surface area (Å²) in [6, 6.07) is 16.8. The van der Waals surface area contributed by atoms with Crippen LogP contribution in [-0.4, -0.2) is 38.0 Å². The second-order valence-electron chi connectivity index (χ2n) is 7.75. The van der Waals surface area contributed by atoms with Crippen molar-refractivity contribution in [3.05, 3.63) is 86.6 Å². The molecule has 0 saturated heterocycles. The number of benzene rings is 2. The van der Waals surface area contributed by atoms with E-state index in [9.17, 15) is 14.9 Å². The Balaban J connectivity index is 1.90. The van der Waals surface area contributed by atoms with Crippen LogP contribution < -0.4 is 10.6 Å². The van der Waals surface area contributed by atoms with E-state index in [-0.39, 0.29) is 30.4 Å². The Morgan fingerprint density at radius 3 is 2.54 bits per heavy atom. The molecule has 35 heavy (non-hydrogen) atoms. The molecular weight excluding hydrogens is 486 g/mol. The number of nitriles is 1. The molecule has 1 amide bonds. The van der Waals surface area contributed by atoms with Crippen molar-refractivity contribution in [3.63, 3.8) is 0 Å². The highest BCUT2D eigenvalue weighted by Gasteiger charge is 2.36. The van der Waals surface area contributed by atoms with Crippen LogP contribution in [0, 0.1) is 18.3 Å². The summed E-state index contributed by atoms with van der Waals surface area (Å²) in [5.41, 5.74) is 3.39. The number of nitrogens with one attached hydrogen (secondary N) is 2. The van der Waals surface area contributed by atoms with Crippen molar-refractivity contribution in [2.45, 2.75) is 19.8 Å². The van der Waals surface area contributed by atoms with Crippen LogP contribution >= 0.6 is 23.4 Å². The minimum absolute atomic E-state index is 0.0674. The molecule has 0 spiro atoms. The molecule has 0 saturated carbocycles. The zero-order valence-corrected chi connectivity index (χ0v) is 21.3. The summed E-state index contributed by atoms with van der Waals surface area (Å²) in [7, 11) is 1.52. The van der Waals surface area contributed by atoms with E-state index in [1.165, 1.54) is 18.9 Å². The normalized spacial score (nSPS) is 15.3. The van der Waals surface area contributed by atoms with Gasteiger partial charge in [-0.05, 0) is 37.1 Å². The average Bonchev–Trinajstić information content (AvgIpc) is 2.84. The van der Waals surface area contributed by atoms with Crippen LogP contribution in [0.1, 0.15) is 24.0 Å². The third-order valence-corrected chi connectivity index (χ3v) is 6.73. The van der Waals surface area contributed by atoms with E-state index < -0.39 is 11.9 Å². The Hall–Kier alpha value is -3.25. The summed E-state index contributed by atoms with van der Waals surface area (Å²) in [5.74, 6) is -1.45. The van der Waals surface area contributed by atoms with Gasteiger partial charge in [0.05, 0.1) is 40.5 Å². The molecule has 0 unspecified atom stereocenters. The molecule has 182 valence electrons. The number of anilines is 1. The molecule has 0 aliphatic carbocycles. The van der Waals surface area contributed by atoms with E-state index in [1.807, 2.05) is 31.2 Å². The number of thioether (sulfide) groups is 1. The lowest BCUT2D eigenvalue weighted by Gasteiger charge is -2.29. The highest BCUT2D eigenvalue weighted by Crippen LogP contribution is 2.43. The Labute approximate surface area is 214 Å². The quantitative estimate of drug-likeness (QED) is 0.364. The Morgan fingerprint density at radius 1 is 1.14 bits per heavy atom. The standard InChI is InChI=1S/C26H26ClN3O4S/c1-16-8-4-7-11-21(16)30-22(31)15-35-25-19(14-28)24(18-9-5-6-10-20(18)27)23(17(2)29-25)26(32)34-13-12-33-3/h4-11,24,29H,12-13,15H2,1-3H3,(H,30,31)/t24-/m1/s1. The van der Waals surface area contributed by atoms with Crippen LogP contribution in [0.2, 0.25) is 5.02 Å². The minimum atomic E-state index is -0.744. The van der Waals surface area contributed by atoms with Gasteiger partial charge in [-0.3, -0.25) is 4.79 Å². The van der Waals surface area contributed by atoms with Gasteiger partial charge in [-0.25, -0.2) is 4.79 Å². The number of rotatable bonds is 9. The van der Waals surface area contributed by atoms with E-state index in [0.29, 0.717) is 26.9 Å². The first-order valence-corrected chi connectivity index (χ1v) is 12.2. The number of methoxy groups -OCH3 is 1. The molecule has 1 heterocycles. The lowest BCUT2D eigenvalue weighted by Crippen LogP contribution is -2.30. The molecular formula is C26H26ClN3O4S. The Bertz CT molecular complexity index is 1220. The number of hydrogen-bond donors (Lipinski definition) is 2. The zero-order chi connectivity index (χ0) is 25.4. The lowest BCUT2D eigenvalue weighted by atomic mass is 9.82. The second-order valence-corrected chi connectivity index (χ2v) is 9.15. The summed E-state index contributed by atoms with van der Waals surface area (Å²) in [6.07, 6.45) is 0. The molecule has 2 aromatic carbocycles. The molecule has 1 atom stereocenters. The molecule has 0 radical (unpaired) electrons. The van der Waals surface area contributed by atoms with Gasteiger partial charge in [0.15, 0.2) is 0 Å². The predicted octanol–water partition coefficient (Wildman–Crippen LogP) is 4.91. The number of allylic oxidation sites excluding steroid dienone is 2. The molecule has 2 N–H and O–H groups in total. The van der Waals surface area contributed by atoms with E-state index in [0.717, 1.165) is 11.3 Å². The molecule has 2 aromatic rings. The summed E-state index contributed by atoms with van der Waals surface area (Å²) < 4.78 is 10.3. The van der Waals surface area contributed by atoms with E-state index >= 15 is 0 Å². The number of para-hydroxylation sites is 1. The summed E-state index contributed by atoms with van der Waals surface area (Å²) in [6.45, 7) is 3.98. The number of aryl methyl sites for hydroxylation is 1. The van der Waals surface area contributed by atoms with Gasteiger partial charge >= 0.3 is 5.97 Å². The SMILES string of the molecule is COCCOC(=O)C1=C(C)NC(SCC(=O)Nc2ccccc2C)=C(C#N)[C@H]1c1ccccc1Cl. The number of carbonyl (C=O) groups excluding carboxylic acids is 2. The molecule has 7 nitrogen and oxygen atoms in total. The summed E-state index contributed by atoms with van der Waals surface area (Å²) >= 11 is 7.68. The van der Waals surface area contributed by atoms with Crippen molar-refractivity contribution >= 4 is 40.9 Å². The first kappa shape index (κ1) is 26.4. The topological polar surface area (TPSA) is 100 Å². The fourth-order valence-corrected chi connectivity index (χ4v) is 4.79. The van der Waals surface area contributed by atoms with Crippen molar-refractivity contribution < 1.29 is 19.1 Å². The summed E-state index contributed by atoms with van der Waals surface area (Å²) in [4.78, 5) is 25.7. The number of nitrogens with zero attached hydrogens (tertiary/aromatic N) is 1. The molecule has 0 bridgehead atoms. The smallest absolute Gasteiger partial charge is 0.336 e. The fraction of sp³-hybridized carbons (Fsp3) is 0.269. The highest BCUT2D eigenvalue weighted by molar-refractivity contribution is 8.03. The van der Waals surface area contributed by atoms with Crippen LogP contribution in [0.4, 0.5) is 5.69 Å². The maximum absolute atomic E-state index is 13.0. The number of hydrogen-bond acceptors (Lipinski definition) is 7. The van der Waals surface area contributed by atoms with Gasteiger partial charge in [0.2, 0.25) is 5.91 Å². The number of halogens is 1. The molecule has 1 aliphatic heterocycles. The Kier molecular flexibility index (Phi) is 9.38. The minimum Gasteiger partial charge on any atom is -0.460 e. The van der Waals surface area contributed by atoms with Gasteiger partial charge in [-0.15, -0.1) is 0 Å². The monoisotopic (exact) mass is 511 g/mol. The summed E-state index contributed by atoms with van der Waals surface area (Å²) in [5, 5.41) is 17.1. The molecule has 3 rings (SSSR count). The highest BCUT2D eigenvalue weighted by atomic mass is 35.5. The largest absolute Gasteiger partial charge is 0.460 e. The maximum Gasteiger partial charge on any atom is 0.336 e. The van der Waals surface area contributed by atoms with Crippen molar-refractivity contribution in [2.24, 2.45) is 0 Å². The lowest BCUT2D eigenvalue weighted by molar-refractivity contribution is -0.140. The first-order valence-electron chi connectivity index (χ1n) is 10.9. The molecule has 1 aliphatic rings. The first-order chi connectivity index (χ1) is 16.9. The van der Waals surface area contributed by atoms with Crippen LogP contribution in [-0.2, 0) is 19.1 Å². The van der Waals surface area contributed by atoms with Crippen molar-refractivity contribution in [1.82, 2.24) is 5.32 Å². The fourth-order valence-electron chi connectivity index (χ4n) is 3.65. The van der Waals surface area contributed by atoms with Gasteiger partial charge in [0.25, 0.3) is 0 Å². The van der Waals surface area contributed by atoms with Gasteiger partial charge in [-0.1, -0.05) is 59.8 Å². The average molecular weight is 512 g/mol. The van der Waals surface area contributed by atoms with Gasteiger partial charge in [0.1, 0.15) is 6.61 Å². The predicted molar refractivity (Wildman–Crippen MR) is 138 cm³/mol. The molecule has 0 fully saturated rings. The van der Waals surface area contributed by atoms with Crippen LogP contribution in [0.25, 0.3) is 0 Å². The number of esters is 1. The van der Waals surface area contributed by atoms with Crippen molar-refractivity contribution in [2.75, 3.05) is 31.4 Å². The second kappa shape index (κ2) is 12.5. The van der Waals surface area contributed by atoms with Crippen molar-refractivity contribution in [1.29, 1.82) is 5.26 Å². The number of amides is 1. The third-order valence-electron chi connectivity index (χ3n) is 5.37. The van der Waals surface area contributed by atoms with E-state index in [1.54, 1.807) is 31.2 Å². The molecule has 0 aromatic heterocycles. The number of carbonyl (C=O) groups is 2. The molecule has 9 heteroatoms. The van der Waals surface area contributed by atoms with Gasteiger partial charge < -0.3 is 20.1 Å². The van der Waals surface area contributed by atoms with Crippen LogP contribution in [0.3, 0.4) is 0 Å². The van der Waals surface area contributed by atoms with Gasteiger partial charge in [-0.2, -0.15) is 5.26 Å². The van der Waals surface area contributed by atoms with Crippen LogP contribution in [0.5, 0.6) is 0 Å². The van der Waals surface area contributed by atoms with Crippen LogP contribution in [0.15, 0.2) is 70.4 Å². The maximum atomic E-state index is 13.0. The number of dihydropyridines is 1. The van der Waals surface area contributed by atoms with E-state index in [2.05, 4.69) is 16.7 Å². The number of ether oxygens (including phenoxy) is 2. The van der Waals surface area contributed by atoms with E-state index in [4.69, 9.17) is 21.1 Å². The van der Waals surface area contributed by atoms with Crippen molar-refractivity contribution in [3.8, 4) is 6.07 Å².